The van der Waals surface area contributed by atoms with Crippen molar-refractivity contribution in [3.63, 3.8) is 0 Å². The molecule has 4 atom stereocenters. The fraction of sp³-hybridized carbons (Fsp3) is 0.550. The number of aromatic hydroxyl groups is 1. The van der Waals surface area contributed by atoms with Crippen molar-refractivity contribution in [3.05, 3.63) is 35.1 Å². The van der Waals surface area contributed by atoms with E-state index in [1.165, 1.54) is 14.2 Å². The highest BCUT2D eigenvalue weighted by molar-refractivity contribution is 5.96. The smallest absolute Gasteiger partial charge is 0.197 e. The van der Waals surface area contributed by atoms with Gasteiger partial charge in [-0.2, -0.15) is 0 Å². The lowest BCUT2D eigenvalue weighted by atomic mass is 9.51. The second-order valence-electron chi connectivity index (χ2n) is 7.61. The second kappa shape index (κ2) is 5.99. The Kier molecular flexibility index (Phi) is 4.00. The van der Waals surface area contributed by atoms with E-state index in [4.69, 9.17) is 9.47 Å². The van der Waals surface area contributed by atoms with Gasteiger partial charge in [-0.15, -0.1) is 0 Å². The number of hydrogen-bond acceptors (Lipinski definition) is 6. The molecule has 2 bridgehead atoms. The van der Waals surface area contributed by atoms with Crippen LogP contribution >= 0.6 is 0 Å². The molecule has 140 valence electrons. The normalized spacial score (nSPS) is 33.2. The highest BCUT2D eigenvalue weighted by Gasteiger charge is 2.59. The number of piperidine rings is 1. The van der Waals surface area contributed by atoms with Gasteiger partial charge < -0.3 is 24.6 Å². The molecule has 0 aromatic heterocycles. The van der Waals surface area contributed by atoms with Crippen LogP contribution in [0.5, 0.6) is 11.5 Å². The van der Waals surface area contributed by atoms with Crippen molar-refractivity contribution in [1.82, 2.24) is 4.90 Å². The van der Waals surface area contributed by atoms with Crippen molar-refractivity contribution < 1.29 is 24.5 Å². The second-order valence-corrected chi connectivity index (χ2v) is 7.61. The molecule has 2 aliphatic carbocycles. The summed E-state index contributed by atoms with van der Waals surface area (Å²) in [6.07, 6.45) is 2.97. The van der Waals surface area contributed by atoms with E-state index in [1.54, 1.807) is 6.07 Å². The van der Waals surface area contributed by atoms with Crippen molar-refractivity contribution in [1.29, 1.82) is 0 Å². The predicted octanol–water partition coefficient (Wildman–Crippen LogP) is 1.55. The summed E-state index contributed by atoms with van der Waals surface area (Å²) in [5.41, 5.74) is 1.20. The number of carbonyl (C=O) groups excluding carboxylic acids is 1. The van der Waals surface area contributed by atoms with E-state index in [0.29, 0.717) is 17.9 Å². The Balaban J connectivity index is 2.03. The van der Waals surface area contributed by atoms with Crippen LogP contribution in [-0.2, 0) is 14.9 Å². The highest BCUT2D eigenvalue weighted by Crippen LogP contribution is 2.60. The zero-order valence-corrected chi connectivity index (χ0v) is 15.4. The molecule has 0 radical (unpaired) electrons. The van der Waals surface area contributed by atoms with Gasteiger partial charge in [0.2, 0.25) is 0 Å². The van der Waals surface area contributed by atoms with Gasteiger partial charge in [0.15, 0.2) is 23.0 Å². The van der Waals surface area contributed by atoms with Crippen molar-refractivity contribution in [3.8, 4) is 11.5 Å². The maximum atomic E-state index is 12.7. The Hall–Kier alpha value is -2.05. The maximum Gasteiger partial charge on any atom is 0.197 e. The molecule has 6 nitrogen and oxygen atoms in total. The molecule has 1 aliphatic heterocycles. The summed E-state index contributed by atoms with van der Waals surface area (Å²) in [4.78, 5) is 15.0. The summed E-state index contributed by atoms with van der Waals surface area (Å²) in [5.74, 6) is 0.680. The lowest BCUT2D eigenvalue weighted by molar-refractivity contribution is -0.123. The summed E-state index contributed by atoms with van der Waals surface area (Å²) in [5, 5.41) is 21.2. The van der Waals surface area contributed by atoms with Gasteiger partial charge in [0.1, 0.15) is 0 Å². The number of benzene rings is 1. The van der Waals surface area contributed by atoms with E-state index in [9.17, 15) is 15.0 Å². The number of rotatable bonds is 3. The van der Waals surface area contributed by atoms with Crippen molar-refractivity contribution in [2.75, 3.05) is 34.4 Å². The van der Waals surface area contributed by atoms with Crippen molar-refractivity contribution in [2.24, 2.45) is 5.92 Å². The predicted molar refractivity (Wildman–Crippen MR) is 95.4 cm³/mol. The van der Waals surface area contributed by atoms with Crippen LogP contribution in [0.1, 0.15) is 29.9 Å². The lowest BCUT2D eigenvalue weighted by Gasteiger charge is -2.58. The molecule has 3 aliphatic rings. The van der Waals surface area contributed by atoms with Gasteiger partial charge in [0.25, 0.3) is 0 Å². The average Bonchev–Trinajstić information content (AvgIpc) is 2.63. The Morgan fingerprint density at radius 3 is 2.73 bits per heavy atom. The number of Topliss-reactive ketones (excluding diaryl/α,β-unsaturated/α-hetero) is 1. The molecule has 0 spiro atoms. The van der Waals surface area contributed by atoms with E-state index >= 15 is 0 Å². The van der Waals surface area contributed by atoms with Gasteiger partial charge in [0.05, 0.1) is 20.8 Å². The molecule has 1 fully saturated rings. The number of methoxy groups -OCH3 is 2. The first-order valence-corrected chi connectivity index (χ1v) is 8.99. The number of phenols is 1. The first kappa shape index (κ1) is 17.4. The van der Waals surface area contributed by atoms with Crippen LogP contribution in [0.3, 0.4) is 0 Å². The van der Waals surface area contributed by atoms with E-state index in [1.807, 2.05) is 12.1 Å². The Bertz CT molecular complexity index is 789. The number of aliphatic hydroxyl groups is 1. The van der Waals surface area contributed by atoms with Crippen molar-refractivity contribution >= 4 is 5.78 Å². The Morgan fingerprint density at radius 2 is 2.08 bits per heavy atom. The van der Waals surface area contributed by atoms with Crippen LogP contribution in [0.4, 0.5) is 0 Å². The molecular formula is C20H25NO5. The summed E-state index contributed by atoms with van der Waals surface area (Å²) in [6, 6.07) is 3.72. The summed E-state index contributed by atoms with van der Waals surface area (Å²) in [7, 11) is 5.10. The number of aliphatic hydroxyl groups excluding tert-OH is 1. The number of ether oxygens (including phenoxy) is 2. The first-order valence-electron chi connectivity index (χ1n) is 8.99. The van der Waals surface area contributed by atoms with Crippen LogP contribution in [0, 0.1) is 5.92 Å². The number of allylic oxidation sites excluding steroid dienone is 1. The SMILES string of the molecule is COC1=CC2[C@@H]3[C@H](CO)c4ccc(OC)c(O)c4[C@]2(CCN3C)CC1=O. The van der Waals surface area contributed by atoms with Crippen LogP contribution in [0.15, 0.2) is 24.0 Å². The standard InChI is InChI=1S/C20H25NO5/c1-21-7-6-20-9-14(23)16(26-3)8-13(20)18(21)12(10-22)11-4-5-15(25-2)19(24)17(11)20/h4-5,8,12-13,18,22,24H,6-7,9-10H2,1-3H3/t12-,13?,18+,20-/m1/s1. The maximum absolute atomic E-state index is 12.7. The molecule has 2 N–H and O–H groups in total. The zero-order chi connectivity index (χ0) is 18.6. The summed E-state index contributed by atoms with van der Waals surface area (Å²) >= 11 is 0. The molecule has 1 heterocycles. The Morgan fingerprint density at radius 1 is 1.31 bits per heavy atom. The summed E-state index contributed by atoms with van der Waals surface area (Å²) < 4.78 is 10.7. The molecule has 0 saturated carbocycles. The van der Waals surface area contributed by atoms with Crippen LogP contribution < -0.4 is 4.74 Å². The van der Waals surface area contributed by atoms with E-state index < -0.39 is 5.41 Å². The molecule has 1 aromatic carbocycles. The minimum Gasteiger partial charge on any atom is -0.504 e. The topological polar surface area (TPSA) is 79.2 Å². The molecule has 6 heteroatoms. The molecule has 26 heavy (non-hydrogen) atoms. The number of likely N-dealkylation sites (tertiary alicyclic amines) is 1. The number of nitrogens with zero attached hydrogens (tertiary/aromatic N) is 1. The van der Waals surface area contributed by atoms with Crippen LogP contribution in [-0.4, -0.2) is 61.4 Å². The molecule has 4 rings (SSSR count). The quantitative estimate of drug-likeness (QED) is 0.853. The zero-order valence-electron chi connectivity index (χ0n) is 15.4. The summed E-state index contributed by atoms with van der Waals surface area (Å²) in [6.45, 7) is 0.779. The van der Waals surface area contributed by atoms with Crippen molar-refractivity contribution in [2.45, 2.75) is 30.2 Å². The average molecular weight is 359 g/mol. The van der Waals surface area contributed by atoms with Gasteiger partial charge in [0, 0.05) is 35.3 Å². The number of likely N-dealkylation sites (N-methyl/N-ethyl adjacent to an activating group) is 1. The van der Waals surface area contributed by atoms with Gasteiger partial charge in [-0.3, -0.25) is 4.79 Å². The van der Waals surface area contributed by atoms with E-state index in [0.717, 1.165) is 24.1 Å². The first-order chi connectivity index (χ1) is 12.5. The number of phenolic OH excluding ortho intramolecular Hbond substituents is 1. The molecular weight excluding hydrogens is 334 g/mol. The van der Waals surface area contributed by atoms with Crippen LogP contribution in [0.25, 0.3) is 0 Å². The lowest BCUT2D eigenvalue weighted by Crippen LogP contribution is -2.62. The fourth-order valence-electron chi connectivity index (χ4n) is 5.48. The number of fused-ring (bicyclic) bond motifs is 1. The third-order valence-corrected chi connectivity index (χ3v) is 6.63. The molecule has 1 aromatic rings. The largest absolute Gasteiger partial charge is 0.504 e. The third kappa shape index (κ3) is 2.09. The molecule has 0 amide bonds. The van der Waals surface area contributed by atoms with Gasteiger partial charge in [-0.25, -0.2) is 0 Å². The fourth-order valence-corrected chi connectivity index (χ4v) is 5.48. The minimum atomic E-state index is -0.490. The minimum absolute atomic E-state index is 0.0171. The molecule has 1 unspecified atom stereocenters. The van der Waals surface area contributed by atoms with Crippen LogP contribution in [0.2, 0.25) is 0 Å². The van der Waals surface area contributed by atoms with Gasteiger partial charge >= 0.3 is 0 Å². The van der Waals surface area contributed by atoms with Gasteiger partial charge in [-0.05, 0) is 37.7 Å². The monoisotopic (exact) mass is 359 g/mol. The molecule has 1 saturated heterocycles. The van der Waals surface area contributed by atoms with E-state index in [2.05, 4.69) is 11.9 Å². The number of ketones is 1. The number of hydrogen-bond donors (Lipinski definition) is 2. The van der Waals surface area contributed by atoms with Gasteiger partial charge in [-0.1, -0.05) is 6.07 Å². The highest BCUT2D eigenvalue weighted by atomic mass is 16.5. The number of carbonyl (C=O) groups is 1. The van der Waals surface area contributed by atoms with E-state index in [-0.39, 0.29) is 36.0 Å². The third-order valence-electron chi connectivity index (χ3n) is 6.63. The Labute approximate surface area is 153 Å².